The molecule has 0 fully saturated rings. The lowest BCUT2D eigenvalue weighted by molar-refractivity contribution is -0.111. The van der Waals surface area contributed by atoms with Crippen molar-refractivity contribution in [2.24, 2.45) is 0 Å². The van der Waals surface area contributed by atoms with Gasteiger partial charge >= 0.3 is 5.97 Å². The van der Waals surface area contributed by atoms with Gasteiger partial charge in [0.25, 0.3) is 11.8 Å². The highest BCUT2D eigenvalue weighted by atomic mass is 19.1. The fourth-order valence-electron chi connectivity index (χ4n) is 4.24. The van der Waals surface area contributed by atoms with Crippen molar-refractivity contribution in [2.75, 3.05) is 18.9 Å². The molecular weight excluding hydrogens is 471 g/mol. The van der Waals surface area contributed by atoms with Crippen LogP contribution in [0.15, 0.2) is 48.2 Å². The topological polar surface area (TPSA) is 136 Å². The van der Waals surface area contributed by atoms with Crippen LogP contribution in [-0.2, 0) is 9.53 Å². The van der Waals surface area contributed by atoms with E-state index in [9.17, 15) is 18.8 Å². The van der Waals surface area contributed by atoms with Crippen molar-refractivity contribution in [3.05, 3.63) is 76.3 Å². The molecule has 0 aliphatic carbocycles. The highest BCUT2D eigenvalue weighted by Crippen LogP contribution is 2.44. The average Bonchev–Trinajstić information content (AvgIpc) is 3.30. The molecule has 4 N–H and O–H groups in total. The van der Waals surface area contributed by atoms with Gasteiger partial charge in [-0.2, -0.15) is 0 Å². The first-order valence-electron chi connectivity index (χ1n) is 11.1. The molecule has 0 atom stereocenters. The monoisotopic (exact) mass is 496 g/mol. The Hall–Kier alpha value is -4.02. The lowest BCUT2D eigenvalue weighted by Crippen LogP contribution is -2.29. The van der Waals surface area contributed by atoms with Crippen LogP contribution >= 0.6 is 0 Å². The summed E-state index contributed by atoms with van der Waals surface area (Å²) in [5.41, 5.74) is 0.980. The number of nitrogens with zero attached hydrogens (tertiary/aromatic N) is 1. The number of hydrogen-bond acceptors (Lipinski definition) is 6. The van der Waals surface area contributed by atoms with Gasteiger partial charge in [-0.3, -0.25) is 9.59 Å². The molecule has 9 nitrogen and oxygen atoms in total. The summed E-state index contributed by atoms with van der Waals surface area (Å²) in [6, 6.07) is 8.87. The van der Waals surface area contributed by atoms with Crippen molar-refractivity contribution >= 4 is 34.6 Å². The van der Waals surface area contributed by atoms with Gasteiger partial charge in [0.05, 0.1) is 16.8 Å². The number of carbonyl (C=O) groups excluding carboxylic acids is 2. The molecule has 0 saturated carbocycles. The van der Waals surface area contributed by atoms with Gasteiger partial charge in [-0.1, -0.05) is 12.1 Å². The minimum atomic E-state index is -1.49. The molecule has 10 heteroatoms. The van der Waals surface area contributed by atoms with Crippen LogP contribution < -0.4 is 5.32 Å². The van der Waals surface area contributed by atoms with Gasteiger partial charge < -0.3 is 30.3 Å². The van der Waals surface area contributed by atoms with Crippen LogP contribution in [-0.4, -0.2) is 63.5 Å². The van der Waals surface area contributed by atoms with Crippen LogP contribution in [0.1, 0.15) is 52.1 Å². The van der Waals surface area contributed by atoms with E-state index in [0.29, 0.717) is 5.56 Å². The largest absolute Gasteiger partial charge is 0.482 e. The van der Waals surface area contributed by atoms with Crippen molar-refractivity contribution in [3.8, 4) is 0 Å². The zero-order valence-electron chi connectivity index (χ0n) is 19.8. The normalized spacial score (nSPS) is 18.0. The number of fused-ring (bicyclic) bond motifs is 1. The summed E-state index contributed by atoms with van der Waals surface area (Å²) in [5.74, 6) is -2.99. The second kappa shape index (κ2) is 9.21. The number of hydrogen-bond donors (Lipinski definition) is 4. The number of allylic oxidation sites excluding steroid dienone is 1. The maximum Gasteiger partial charge on any atom is 0.338 e. The van der Waals surface area contributed by atoms with Gasteiger partial charge in [0.2, 0.25) is 0 Å². The Kier molecular flexibility index (Phi) is 6.42. The first-order chi connectivity index (χ1) is 16.9. The molecule has 0 saturated heterocycles. The number of nitrogens with one attached hydrogen (secondary N) is 1. The third-order valence-electron chi connectivity index (χ3n) is 6.13. The average molecular weight is 496 g/mol. The third-order valence-corrected chi connectivity index (χ3v) is 6.13. The van der Waals surface area contributed by atoms with Crippen molar-refractivity contribution in [1.29, 1.82) is 0 Å². The molecule has 2 aromatic carbocycles. The number of ether oxygens (including phenoxy) is 1. The van der Waals surface area contributed by atoms with Crippen molar-refractivity contribution < 1.29 is 38.8 Å². The highest BCUT2D eigenvalue weighted by Gasteiger charge is 2.38. The van der Waals surface area contributed by atoms with Gasteiger partial charge in [-0.25, -0.2) is 9.18 Å². The molecule has 0 bridgehead atoms. The minimum Gasteiger partial charge on any atom is -0.482 e. The molecule has 2 aliphatic rings. The molecule has 2 aliphatic heterocycles. The zero-order valence-corrected chi connectivity index (χ0v) is 19.8. The summed E-state index contributed by atoms with van der Waals surface area (Å²) in [4.78, 5) is 38.0. The molecule has 4 rings (SSSR count). The van der Waals surface area contributed by atoms with Gasteiger partial charge in [0, 0.05) is 36.7 Å². The number of benzene rings is 2. The predicted octanol–water partition coefficient (Wildman–Crippen LogP) is 2.85. The highest BCUT2D eigenvalue weighted by molar-refractivity contribution is 6.32. The van der Waals surface area contributed by atoms with Crippen LogP contribution in [0.2, 0.25) is 0 Å². The van der Waals surface area contributed by atoms with Gasteiger partial charge in [0.1, 0.15) is 17.2 Å². The number of amides is 2. The number of aliphatic hydroxyl groups is 2. The maximum atomic E-state index is 14.4. The molecule has 2 aromatic rings. The Balaban J connectivity index is 1.67. The molecule has 0 spiro atoms. The summed E-state index contributed by atoms with van der Waals surface area (Å²) in [6.45, 7) is 3.79. The quantitative estimate of drug-likeness (QED) is 0.357. The standard InChI is InChI=1S/C26H25FN2O7/c1-26(2)17(13-4-6-14(7-5-13)24(33)29(3)9-8-21(30)31)12-20(36-26)22-16-10-18(27)15(25(34)35)11-19(16)28-23(22)32/h4-7,10-12,21,30-31H,8-9H2,1-3H3,(H,28,32)(H,34,35)/b22-20+. The number of halogens is 1. The molecule has 2 heterocycles. The lowest BCUT2D eigenvalue weighted by atomic mass is 9.91. The number of carboxylic acid groups (broad SMARTS) is 1. The van der Waals surface area contributed by atoms with E-state index in [0.717, 1.165) is 23.3 Å². The maximum absolute atomic E-state index is 14.4. The van der Waals surface area contributed by atoms with Crippen molar-refractivity contribution in [1.82, 2.24) is 4.90 Å². The Morgan fingerprint density at radius 3 is 2.44 bits per heavy atom. The van der Waals surface area contributed by atoms with E-state index >= 15 is 0 Å². The number of carbonyl (C=O) groups is 3. The predicted molar refractivity (Wildman–Crippen MR) is 128 cm³/mol. The molecule has 36 heavy (non-hydrogen) atoms. The Labute approximate surface area is 206 Å². The first kappa shape index (κ1) is 25.1. The molecule has 0 radical (unpaired) electrons. The van der Waals surface area contributed by atoms with Crippen LogP contribution in [0.3, 0.4) is 0 Å². The summed E-state index contributed by atoms with van der Waals surface area (Å²) in [5, 5.41) is 29.7. The number of aliphatic hydroxyl groups excluding tert-OH is 1. The Morgan fingerprint density at radius 1 is 1.17 bits per heavy atom. The van der Waals surface area contributed by atoms with E-state index in [1.807, 2.05) is 0 Å². The van der Waals surface area contributed by atoms with Crippen LogP contribution in [0, 0.1) is 5.82 Å². The number of aromatic carboxylic acids is 1. The molecule has 0 aromatic heterocycles. The lowest BCUT2D eigenvalue weighted by Gasteiger charge is -2.24. The van der Waals surface area contributed by atoms with Gasteiger partial charge in [-0.15, -0.1) is 0 Å². The Morgan fingerprint density at radius 2 is 1.83 bits per heavy atom. The molecular formula is C26H25FN2O7. The fraction of sp³-hybridized carbons (Fsp3) is 0.269. The SMILES string of the molecule is CN(CCC(O)O)C(=O)c1ccc(C2=C/C(=C3\C(=O)Nc4cc(C(=O)O)c(F)cc43)OC2(C)C)cc1. The second-order valence-corrected chi connectivity index (χ2v) is 9.12. The van der Waals surface area contributed by atoms with E-state index < -0.39 is 35.1 Å². The van der Waals surface area contributed by atoms with E-state index in [1.165, 1.54) is 4.90 Å². The van der Waals surface area contributed by atoms with E-state index in [4.69, 9.17) is 20.1 Å². The number of anilines is 1. The molecule has 0 unspecified atom stereocenters. The fourth-order valence-corrected chi connectivity index (χ4v) is 4.24. The molecule has 2 amide bonds. The second-order valence-electron chi connectivity index (χ2n) is 9.12. The summed E-state index contributed by atoms with van der Waals surface area (Å²) in [6.07, 6.45) is 0.222. The van der Waals surface area contributed by atoms with E-state index in [-0.39, 0.29) is 41.5 Å². The van der Waals surface area contributed by atoms with Gasteiger partial charge in [0.15, 0.2) is 6.29 Å². The van der Waals surface area contributed by atoms with E-state index in [2.05, 4.69) is 5.32 Å². The molecule has 188 valence electrons. The summed E-state index contributed by atoms with van der Waals surface area (Å²) in [7, 11) is 1.57. The minimum absolute atomic E-state index is 0.0361. The smallest absolute Gasteiger partial charge is 0.338 e. The van der Waals surface area contributed by atoms with Crippen LogP contribution in [0.25, 0.3) is 11.1 Å². The number of carboxylic acids is 1. The van der Waals surface area contributed by atoms with E-state index in [1.54, 1.807) is 51.2 Å². The zero-order chi connectivity index (χ0) is 26.4. The first-order valence-corrected chi connectivity index (χ1v) is 11.1. The Bertz CT molecular complexity index is 1330. The van der Waals surface area contributed by atoms with Crippen LogP contribution in [0.5, 0.6) is 0 Å². The van der Waals surface area contributed by atoms with Gasteiger partial charge in [-0.05, 0) is 49.8 Å². The number of rotatable bonds is 6. The van der Waals surface area contributed by atoms with Crippen molar-refractivity contribution in [2.45, 2.75) is 32.2 Å². The van der Waals surface area contributed by atoms with Crippen LogP contribution in [0.4, 0.5) is 10.1 Å². The third kappa shape index (κ3) is 4.60. The summed E-state index contributed by atoms with van der Waals surface area (Å²) >= 11 is 0. The van der Waals surface area contributed by atoms with Crippen molar-refractivity contribution in [3.63, 3.8) is 0 Å². The summed E-state index contributed by atoms with van der Waals surface area (Å²) < 4.78 is 20.4.